The maximum Gasteiger partial charge on any atom is 0.251 e. The molecule has 3 aromatic rings. The topological polar surface area (TPSA) is 85.8 Å². The van der Waals surface area contributed by atoms with Gasteiger partial charge in [-0.25, -0.2) is 4.39 Å². The van der Waals surface area contributed by atoms with E-state index < -0.39 is 17.6 Å². The molecule has 0 fully saturated rings. The number of nitrogens with zero attached hydrogens (tertiary/aromatic N) is 1. The molecule has 2 N–H and O–H groups in total. The van der Waals surface area contributed by atoms with E-state index in [2.05, 4.69) is 10.3 Å². The van der Waals surface area contributed by atoms with Crippen molar-refractivity contribution in [1.82, 2.24) is 4.98 Å². The van der Waals surface area contributed by atoms with Gasteiger partial charge in [-0.15, -0.1) is 0 Å². The van der Waals surface area contributed by atoms with Crippen LogP contribution in [0.15, 0.2) is 53.3 Å². The first-order valence-electron chi connectivity index (χ1n) is 8.05. The van der Waals surface area contributed by atoms with Crippen molar-refractivity contribution in [3.05, 3.63) is 75.8 Å². The summed E-state index contributed by atoms with van der Waals surface area (Å²) in [6.45, 7) is 1.94. The van der Waals surface area contributed by atoms with Crippen LogP contribution in [0.2, 0.25) is 0 Å². The predicted molar refractivity (Wildman–Crippen MR) is 97.1 cm³/mol. The minimum absolute atomic E-state index is 0.0112. The van der Waals surface area contributed by atoms with Crippen molar-refractivity contribution in [2.45, 2.75) is 13.3 Å². The van der Waals surface area contributed by atoms with Gasteiger partial charge in [-0.3, -0.25) is 9.59 Å². The number of nitrogens with one attached hydrogen (secondary N) is 2. The average molecular weight is 349 g/mol. The number of hydrogen-bond donors (Lipinski definition) is 2. The molecule has 0 aliphatic heterocycles. The van der Waals surface area contributed by atoms with Crippen LogP contribution in [0.4, 0.5) is 10.1 Å². The number of amides is 1. The van der Waals surface area contributed by atoms with Gasteiger partial charge in [0.1, 0.15) is 11.7 Å². The van der Waals surface area contributed by atoms with E-state index in [0.717, 1.165) is 10.9 Å². The van der Waals surface area contributed by atoms with Crippen LogP contribution in [0.5, 0.6) is 0 Å². The van der Waals surface area contributed by atoms with Crippen molar-refractivity contribution < 1.29 is 9.18 Å². The lowest BCUT2D eigenvalue weighted by Crippen LogP contribution is -2.26. The largest absolute Gasteiger partial charge is 0.325 e. The molecule has 2 aromatic carbocycles. The van der Waals surface area contributed by atoms with Gasteiger partial charge < -0.3 is 10.3 Å². The summed E-state index contributed by atoms with van der Waals surface area (Å²) in [6.07, 6.45) is -0.0112. The molecule has 130 valence electrons. The number of aromatic amines is 1. The summed E-state index contributed by atoms with van der Waals surface area (Å²) in [7, 11) is 0. The van der Waals surface area contributed by atoms with Gasteiger partial charge in [-0.1, -0.05) is 11.6 Å². The van der Waals surface area contributed by atoms with Crippen molar-refractivity contribution in [3.8, 4) is 6.07 Å². The Kier molecular flexibility index (Phi) is 4.81. The highest BCUT2D eigenvalue weighted by Crippen LogP contribution is 2.16. The highest BCUT2D eigenvalue weighted by Gasteiger charge is 2.20. The molecule has 3 rings (SSSR count). The molecular formula is C20H16FN3O2. The van der Waals surface area contributed by atoms with Crippen LogP contribution >= 0.6 is 0 Å². The number of pyridine rings is 1. The number of carbonyl (C=O) groups is 1. The number of aryl methyl sites for hydroxylation is 1. The van der Waals surface area contributed by atoms with Crippen LogP contribution in [0.1, 0.15) is 11.1 Å². The second kappa shape index (κ2) is 7.19. The van der Waals surface area contributed by atoms with Crippen LogP contribution in [0, 0.1) is 30.0 Å². The molecule has 0 saturated heterocycles. The molecule has 1 heterocycles. The normalized spacial score (nSPS) is 11.7. The summed E-state index contributed by atoms with van der Waals surface area (Å²) >= 11 is 0. The Bertz CT molecular complexity index is 1070. The fraction of sp³-hybridized carbons (Fsp3) is 0.150. The van der Waals surface area contributed by atoms with Gasteiger partial charge in [0, 0.05) is 23.2 Å². The molecule has 0 aliphatic carbocycles. The third kappa shape index (κ3) is 3.78. The minimum Gasteiger partial charge on any atom is -0.325 e. The van der Waals surface area contributed by atoms with Gasteiger partial charge in [0.15, 0.2) is 0 Å². The lowest BCUT2D eigenvalue weighted by molar-refractivity contribution is -0.118. The summed E-state index contributed by atoms with van der Waals surface area (Å²) in [5.74, 6) is -2.00. The standard InChI is InChI=1S/C20H16FN3O2/c1-12-2-7-18-13(8-12)9-14(19(25)24-18)10-15(11-22)20(26)23-17-5-3-16(21)4-6-17/h2-9,15H,10H2,1H3,(H,23,26)(H,24,25). The summed E-state index contributed by atoms with van der Waals surface area (Å²) in [5.41, 5.74) is 2.18. The van der Waals surface area contributed by atoms with E-state index in [9.17, 15) is 19.2 Å². The highest BCUT2D eigenvalue weighted by atomic mass is 19.1. The molecule has 0 saturated carbocycles. The van der Waals surface area contributed by atoms with E-state index in [0.29, 0.717) is 16.8 Å². The minimum atomic E-state index is -1.04. The van der Waals surface area contributed by atoms with Gasteiger partial charge in [-0.2, -0.15) is 5.26 Å². The van der Waals surface area contributed by atoms with Crippen LogP contribution in [-0.2, 0) is 11.2 Å². The Hall–Kier alpha value is -3.46. The number of anilines is 1. The number of halogens is 1. The van der Waals surface area contributed by atoms with Gasteiger partial charge in [-0.05, 0) is 54.8 Å². The zero-order chi connectivity index (χ0) is 18.7. The van der Waals surface area contributed by atoms with Crippen LogP contribution < -0.4 is 10.9 Å². The molecule has 1 aromatic heterocycles. The number of fused-ring (bicyclic) bond motifs is 1. The van der Waals surface area contributed by atoms with Crippen molar-refractivity contribution in [2.75, 3.05) is 5.32 Å². The van der Waals surface area contributed by atoms with E-state index in [1.54, 1.807) is 6.07 Å². The monoisotopic (exact) mass is 349 g/mol. The second-order valence-electron chi connectivity index (χ2n) is 6.10. The summed E-state index contributed by atoms with van der Waals surface area (Å²) in [4.78, 5) is 27.3. The number of carbonyl (C=O) groups excluding carboxylic acids is 1. The van der Waals surface area contributed by atoms with E-state index in [1.165, 1.54) is 24.3 Å². The number of nitriles is 1. The SMILES string of the molecule is Cc1ccc2[nH]c(=O)c(CC(C#N)C(=O)Nc3ccc(F)cc3)cc2c1. The van der Waals surface area contributed by atoms with Crippen molar-refractivity contribution >= 4 is 22.5 Å². The van der Waals surface area contributed by atoms with Gasteiger partial charge >= 0.3 is 0 Å². The van der Waals surface area contributed by atoms with Gasteiger partial charge in [0.2, 0.25) is 5.91 Å². The predicted octanol–water partition coefficient (Wildman–Crippen LogP) is 3.30. The third-order valence-corrected chi connectivity index (χ3v) is 4.08. The number of hydrogen-bond acceptors (Lipinski definition) is 3. The third-order valence-electron chi connectivity index (χ3n) is 4.08. The molecule has 5 nitrogen and oxygen atoms in total. The van der Waals surface area contributed by atoms with Crippen LogP contribution in [0.3, 0.4) is 0 Å². The van der Waals surface area contributed by atoms with E-state index in [4.69, 9.17) is 0 Å². The Morgan fingerprint density at radius 3 is 2.65 bits per heavy atom. The Labute approximate surface area is 149 Å². The van der Waals surface area contributed by atoms with Gasteiger partial charge in [0.25, 0.3) is 5.56 Å². The van der Waals surface area contributed by atoms with E-state index in [-0.39, 0.29) is 12.0 Å². The summed E-state index contributed by atoms with van der Waals surface area (Å²) in [6, 6.07) is 14.5. The molecule has 1 amide bonds. The highest BCUT2D eigenvalue weighted by molar-refractivity contribution is 5.94. The maximum atomic E-state index is 12.9. The second-order valence-corrected chi connectivity index (χ2v) is 6.10. The first-order chi connectivity index (χ1) is 12.5. The van der Waals surface area contributed by atoms with Crippen LogP contribution in [0.25, 0.3) is 10.9 Å². The molecule has 0 bridgehead atoms. The molecule has 0 spiro atoms. The Morgan fingerprint density at radius 1 is 1.23 bits per heavy atom. The zero-order valence-electron chi connectivity index (χ0n) is 14.0. The van der Waals surface area contributed by atoms with Crippen LogP contribution in [-0.4, -0.2) is 10.9 Å². The molecule has 6 heteroatoms. The number of aromatic nitrogens is 1. The first-order valence-corrected chi connectivity index (χ1v) is 8.05. The summed E-state index contributed by atoms with van der Waals surface area (Å²) < 4.78 is 12.9. The Morgan fingerprint density at radius 2 is 1.96 bits per heavy atom. The van der Waals surface area contributed by atoms with E-state index >= 15 is 0 Å². The average Bonchev–Trinajstić information content (AvgIpc) is 2.62. The van der Waals surface area contributed by atoms with E-state index in [1.807, 2.05) is 31.2 Å². The number of rotatable bonds is 4. The first kappa shape index (κ1) is 17.4. The quantitative estimate of drug-likeness (QED) is 0.758. The number of H-pyrrole nitrogens is 1. The zero-order valence-corrected chi connectivity index (χ0v) is 14.0. The Balaban J connectivity index is 1.83. The molecule has 26 heavy (non-hydrogen) atoms. The summed E-state index contributed by atoms with van der Waals surface area (Å²) in [5, 5.41) is 12.8. The molecule has 1 atom stereocenters. The van der Waals surface area contributed by atoms with Crippen molar-refractivity contribution in [3.63, 3.8) is 0 Å². The van der Waals surface area contributed by atoms with Gasteiger partial charge in [0.05, 0.1) is 6.07 Å². The molecule has 1 unspecified atom stereocenters. The molecular weight excluding hydrogens is 333 g/mol. The number of benzene rings is 2. The molecule has 0 aliphatic rings. The van der Waals surface area contributed by atoms with Crippen molar-refractivity contribution in [2.24, 2.45) is 5.92 Å². The van der Waals surface area contributed by atoms with Crippen molar-refractivity contribution in [1.29, 1.82) is 5.26 Å². The maximum absolute atomic E-state index is 12.9. The fourth-order valence-electron chi connectivity index (χ4n) is 2.70. The smallest absolute Gasteiger partial charge is 0.251 e. The lowest BCUT2D eigenvalue weighted by Gasteiger charge is -2.11. The fourth-order valence-corrected chi connectivity index (χ4v) is 2.70. The molecule has 0 radical (unpaired) electrons. The lowest BCUT2D eigenvalue weighted by atomic mass is 9.99.